The quantitative estimate of drug-likeness (QED) is 0.791. The highest BCUT2D eigenvalue weighted by Gasteiger charge is 2.23. The lowest BCUT2D eigenvalue weighted by Gasteiger charge is -2.17. The molecule has 0 heterocycles. The van der Waals surface area contributed by atoms with E-state index in [9.17, 15) is 4.79 Å². The molecule has 1 aromatic carbocycles. The zero-order valence-corrected chi connectivity index (χ0v) is 10.6. The minimum atomic E-state index is -0.792. The van der Waals surface area contributed by atoms with E-state index in [4.69, 9.17) is 5.73 Å². The topological polar surface area (TPSA) is 43.1 Å². The minimum absolute atomic E-state index is 0.0106. The molecule has 88 valence electrons. The fraction of sp³-hybridized carbons (Fsp3) is 0.500. The molecular formula is C14H21NO. The van der Waals surface area contributed by atoms with Crippen molar-refractivity contribution in [3.05, 3.63) is 35.4 Å². The molecule has 0 fully saturated rings. The summed E-state index contributed by atoms with van der Waals surface area (Å²) in [7, 11) is 0. The van der Waals surface area contributed by atoms with Crippen LogP contribution in [0, 0.1) is 5.92 Å². The average molecular weight is 219 g/mol. The lowest BCUT2D eigenvalue weighted by Crippen LogP contribution is -2.41. The third-order valence-electron chi connectivity index (χ3n) is 2.45. The number of hydrogen-bond donors (Lipinski definition) is 1. The monoisotopic (exact) mass is 219 g/mol. The summed E-state index contributed by atoms with van der Waals surface area (Å²) in [4.78, 5) is 11.9. The summed E-state index contributed by atoms with van der Waals surface area (Å²) < 4.78 is 0. The highest BCUT2D eigenvalue weighted by molar-refractivity contribution is 6.02. The van der Waals surface area contributed by atoms with E-state index in [1.54, 1.807) is 13.8 Å². The maximum Gasteiger partial charge on any atom is 0.182 e. The summed E-state index contributed by atoms with van der Waals surface area (Å²) in [5.74, 6) is 0.621. The Hall–Kier alpha value is -1.15. The van der Waals surface area contributed by atoms with E-state index in [0.717, 1.165) is 6.42 Å². The van der Waals surface area contributed by atoms with Gasteiger partial charge in [-0.15, -0.1) is 0 Å². The SMILES string of the molecule is CC(C)Cc1ccc(C(=O)C(C)(C)N)cc1. The summed E-state index contributed by atoms with van der Waals surface area (Å²) in [6, 6.07) is 7.77. The Morgan fingerprint density at radius 2 is 1.75 bits per heavy atom. The van der Waals surface area contributed by atoms with E-state index in [1.807, 2.05) is 24.3 Å². The van der Waals surface area contributed by atoms with Crippen LogP contribution in [-0.2, 0) is 6.42 Å². The van der Waals surface area contributed by atoms with Crippen molar-refractivity contribution in [3.8, 4) is 0 Å². The van der Waals surface area contributed by atoms with E-state index in [-0.39, 0.29) is 5.78 Å². The molecule has 2 nitrogen and oxygen atoms in total. The Labute approximate surface area is 97.9 Å². The molecule has 0 aliphatic heterocycles. The first-order valence-electron chi connectivity index (χ1n) is 5.73. The summed E-state index contributed by atoms with van der Waals surface area (Å²) in [5.41, 5.74) is 6.95. The van der Waals surface area contributed by atoms with Gasteiger partial charge in [-0.3, -0.25) is 4.79 Å². The molecule has 1 rings (SSSR count). The molecule has 0 saturated carbocycles. The fourth-order valence-corrected chi connectivity index (χ4v) is 1.64. The van der Waals surface area contributed by atoms with E-state index in [0.29, 0.717) is 11.5 Å². The highest BCUT2D eigenvalue weighted by atomic mass is 16.1. The third kappa shape index (κ3) is 3.46. The Morgan fingerprint density at radius 1 is 1.25 bits per heavy atom. The van der Waals surface area contributed by atoms with Crippen LogP contribution in [0.25, 0.3) is 0 Å². The molecule has 0 radical (unpaired) electrons. The molecule has 16 heavy (non-hydrogen) atoms. The van der Waals surface area contributed by atoms with Crippen LogP contribution in [-0.4, -0.2) is 11.3 Å². The van der Waals surface area contributed by atoms with E-state index in [1.165, 1.54) is 5.56 Å². The van der Waals surface area contributed by atoms with Gasteiger partial charge in [0.05, 0.1) is 5.54 Å². The number of nitrogens with two attached hydrogens (primary N) is 1. The van der Waals surface area contributed by atoms with Crippen molar-refractivity contribution in [3.63, 3.8) is 0 Å². The molecule has 0 saturated heterocycles. The molecular weight excluding hydrogens is 198 g/mol. The molecule has 0 unspecified atom stereocenters. The highest BCUT2D eigenvalue weighted by Crippen LogP contribution is 2.13. The molecule has 0 aromatic heterocycles. The van der Waals surface area contributed by atoms with Crippen LogP contribution in [0.5, 0.6) is 0 Å². The summed E-state index contributed by atoms with van der Waals surface area (Å²) in [6.45, 7) is 7.83. The molecule has 0 atom stereocenters. The van der Waals surface area contributed by atoms with Crippen molar-refractivity contribution in [1.29, 1.82) is 0 Å². The van der Waals surface area contributed by atoms with Gasteiger partial charge < -0.3 is 5.73 Å². The largest absolute Gasteiger partial charge is 0.319 e. The summed E-state index contributed by atoms with van der Waals surface area (Å²) in [5, 5.41) is 0. The van der Waals surface area contributed by atoms with Gasteiger partial charge >= 0.3 is 0 Å². The van der Waals surface area contributed by atoms with Gasteiger partial charge in [0.15, 0.2) is 5.78 Å². The Morgan fingerprint density at radius 3 is 2.12 bits per heavy atom. The van der Waals surface area contributed by atoms with Crippen molar-refractivity contribution in [2.24, 2.45) is 11.7 Å². The van der Waals surface area contributed by atoms with Crippen LogP contribution in [0.15, 0.2) is 24.3 Å². The standard InChI is InChI=1S/C14H21NO/c1-10(2)9-11-5-7-12(8-6-11)13(16)14(3,4)15/h5-8,10H,9,15H2,1-4H3. The van der Waals surface area contributed by atoms with Crippen molar-refractivity contribution in [2.45, 2.75) is 39.7 Å². The average Bonchev–Trinajstić information content (AvgIpc) is 2.15. The predicted octanol–water partition coefficient (Wildman–Crippen LogP) is 2.81. The van der Waals surface area contributed by atoms with Gasteiger partial charge in [0.2, 0.25) is 0 Å². The Bertz CT molecular complexity index is 357. The second kappa shape index (κ2) is 4.79. The molecule has 1 aromatic rings. The van der Waals surface area contributed by atoms with Crippen molar-refractivity contribution >= 4 is 5.78 Å². The van der Waals surface area contributed by atoms with Gasteiger partial charge in [-0.25, -0.2) is 0 Å². The normalized spacial score (nSPS) is 11.9. The van der Waals surface area contributed by atoms with Crippen LogP contribution >= 0.6 is 0 Å². The van der Waals surface area contributed by atoms with Gasteiger partial charge in [0.25, 0.3) is 0 Å². The number of rotatable bonds is 4. The summed E-state index contributed by atoms with van der Waals surface area (Å²) >= 11 is 0. The number of Topliss-reactive ketones (excluding diaryl/α,β-unsaturated/α-hetero) is 1. The molecule has 0 aliphatic carbocycles. The lowest BCUT2D eigenvalue weighted by molar-refractivity contribution is 0.0913. The molecule has 0 amide bonds. The molecule has 2 N–H and O–H groups in total. The van der Waals surface area contributed by atoms with Crippen LogP contribution in [0.1, 0.15) is 43.6 Å². The third-order valence-corrected chi connectivity index (χ3v) is 2.45. The first-order chi connectivity index (χ1) is 7.30. The summed E-state index contributed by atoms with van der Waals surface area (Å²) in [6.07, 6.45) is 1.04. The molecule has 0 spiro atoms. The van der Waals surface area contributed by atoms with Gasteiger partial charge in [-0.2, -0.15) is 0 Å². The van der Waals surface area contributed by atoms with E-state index in [2.05, 4.69) is 13.8 Å². The first kappa shape index (κ1) is 12.9. The van der Waals surface area contributed by atoms with Crippen LogP contribution in [0.3, 0.4) is 0 Å². The van der Waals surface area contributed by atoms with Crippen LogP contribution < -0.4 is 5.73 Å². The number of hydrogen-bond acceptors (Lipinski definition) is 2. The van der Waals surface area contributed by atoms with Gasteiger partial charge in [0.1, 0.15) is 0 Å². The van der Waals surface area contributed by atoms with Crippen molar-refractivity contribution in [2.75, 3.05) is 0 Å². The van der Waals surface area contributed by atoms with Gasteiger partial charge in [-0.05, 0) is 31.7 Å². The van der Waals surface area contributed by atoms with Gasteiger partial charge in [0, 0.05) is 5.56 Å². The Balaban J connectivity index is 2.83. The zero-order chi connectivity index (χ0) is 12.3. The molecule has 2 heteroatoms. The first-order valence-corrected chi connectivity index (χ1v) is 5.73. The second-order valence-electron chi connectivity index (χ2n) is 5.35. The second-order valence-corrected chi connectivity index (χ2v) is 5.35. The van der Waals surface area contributed by atoms with Crippen molar-refractivity contribution < 1.29 is 4.79 Å². The number of carbonyl (C=O) groups is 1. The number of ketones is 1. The van der Waals surface area contributed by atoms with E-state index < -0.39 is 5.54 Å². The molecule has 0 bridgehead atoms. The predicted molar refractivity (Wildman–Crippen MR) is 67.6 cm³/mol. The maximum absolute atomic E-state index is 11.9. The molecule has 0 aliphatic rings. The Kier molecular flexibility index (Phi) is 3.87. The van der Waals surface area contributed by atoms with Crippen LogP contribution in [0.4, 0.5) is 0 Å². The maximum atomic E-state index is 11.9. The fourth-order valence-electron chi connectivity index (χ4n) is 1.64. The smallest absolute Gasteiger partial charge is 0.182 e. The van der Waals surface area contributed by atoms with Crippen LogP contribution in [0.2, 0.25) is 0 Å². The minimum Gasteiger partial charge on any atom is -0.319 e. The number of carbonyl (C=O) groups excluding carboxylic acids is 1. The van der Waals surface area contributed by atoms with E-state index >= 15 is 0 Å². The number of benzene rings is 1. The zero-order valence-electron chi connectivity index (χ0n) is 10.6. The lowest BCUT2D eigenvalue weighted by atomic mass is 9.93. The van der Waals surface area contributed by atoms with Crippen molar-refractivity contribution in [1.82, 2.24) is 0 Å². The van der Waals surface area contributed by atoms with Gasteiger partial charge in [-0.1, -0.05) is 38.1 Å².